The molecule has 5 heteroatoms. The predicted molar refractivity (Wildman–Crippen MR) is 88.5 cm³/mol. The first kappa shape index (κ1) is 16.2. The number of anilines is 1. The number of hydrogen-bond acceptors (Lipinski definition) is 4. The van der Waals surface area contributed by atoms with Crippen molar-refractivity contribution in [2.45, 2.75) is 26.7 Å². The van der Waals surface area contributed by atoms with Gasteiger partial charge in [0.05, 0.1) is 0 Å². The fraction of sp³-hybridized carbons (Fsp3) is 0.294. The van der Waals surface area contributed by atoms with Crippen molar-refractivity contribution in [3.63, 3.8) is 0 Å². The number of ether oxygens (including phenoxy) is 1. The van der Waals surface area contributed by atoms with E-state index in [1.54, 1.807) is 6.07 Å². The van der Waals surface area contributed by atoms with Crippen LogP contribution in [0.25, 0.3) is 0 Å². The van der Waals surface area contributed by atoms with Crippen LogP contribution in [0.15, 0.2) is 36.4 Å². The first-order valence-corrected chi connectivity index (χ1v) is 7.91. The van der Waals surface area contributed by atoms with E-state index < -0.39 is 5.97 Å². The molecule has 0 unspecified atom stereocenters. The van der Waals surface area contributed by atoms with E-state index in [2.05, 4.69) is 19.2 Å². The molecule has 0 radical (unpaired) electrons. The molecule has 1 amide bonds. The van der Waals surface area contributed by atoms with Gasteiger partial charge in [0.1, 0.15) is 4.88 Å². The van der Waals surface area contributed by atoms with E-state index in [0.717, 1.165) is 16.1 Å². The number of rotatable bonds is 5. The van der Waals surface area contributed by atoms with Crippen LogP contribution in [0.3, 0.4) is 0 Å². The molecule has 1 N–H and O–H groups in total. The maximum atomic E-state index is 11.9. The zero-order valence-electron chi connectivity index (χ0n) is 12.9. The normalized spacial score (nSPS) is 10.5. The van der Waals surface area contributed by atoms with Crippen molar-refractivity contribution >= 4 is 28.9 Å². The van der Waals surface area contributed by atoms with Crippen LogP contribution in [0.1, 0.15) is 39.9 Å². The van der Waals surface area contributed by atoms with E-state index in [1.807, 2.05) is 37.3 Å². The second kappa shape index (κ2) is 7.22. The Bertz CT molecular complexity index is 676. The average molecular weight is 317 g/mol. The van der Waals surface area contributed by atoms with Crippen LogP contribution in [0.4, 0.5) is 5.69 Å². The van der Waals surface area contributed by atoms with E-state index in [0.29, 0.717) is 10.8 Å². The molecule has 0 aliphatic heterocycles. The number of carbonyl (C=O) groups is 2. The number of benzene rings is 1. The number of aryl methyl sites for hydroxylation is 1. The Morgan fingerprint density at radius 3 is 2.55 bits per heavy atom. The standard InChI is InChI=1S/C17H19NO3S/c1-11(2)13-6-4-5-7-14(13)18-16(19)10-21-17(20)15-9-8-12(3)22-15/h4-9,11H,10H2,1-3H3,(H,18,19). The molecule has 0 spiro atoms. The number of nitrogens with one attached hydrogen (secondary N) is 1. The molecule has 0 saturated heterocycles. The van der Waals surface area contributed by atoms with Crippen LogP contribution in [0.5, 0.6) is 0 Å². The maximum absolute atomic E-state index is 11.9. The van der Waals surface area contributed by atoms with Crippen LogP contribution in [0.2, 0.25) is 0 Å². The summed E-state index contributed by atoms with van der Waals surface area (Å²) in [6, 6.07) is 11.2. The Kier molecular flexibility index (Phi) is 5.33. The minimum absolute atomic E-state index is 0.289. The van der Waals surface area contributed by atoms with Gasteiger partial charge in [0, 0.05) is 10.6 Å². The topological polar surface area (TPSA) is 55.4 Å². The van der Waals surface area contributed by atoms with Gasteiger partial charge in [-0.25, -0.2) is 4.79 Å². The van der Waals surface area contributed by atoms with Crippen LogP contribution in [-0.4, -0.2) is 18.5 Å². The Balaban J connectivity index is 1.92. The van der Waals surface area contributed by atoms with Crippen molar-refractivity contribution in [1.29, 1.82) is 0 Å². The third kappa shape index (κ3) is 4.18. The minimum Gasteiger partial charge on any atom is -0.451 e. The molecule has 2 rings (SSSR count). The van der Waals surface area contributed by atoms with Gasteiger partial charge < -0.3 is 10.1 Å². The molecule has 1 aromatic carbocycles. The summed E-state index contributed by atoms with van der Waals surface area (Å²) in [4.78, 5) is 25.3. The number of esters is 1. The van der Waals surface area contributed by atoms with Crippen molar-refractivity contribution in [3.8, 4) is 0 Å². The van der Waals surface area contributed by atoms with Gasteiger partial charge >= 0.3 is 5.97 Å². The molecule has 2 aromatic rings. The lowest BCUT2D eigenvalue weighted by molar-refractivity contribution is -0.119. The molecule has 0 atom stereocenters. The largest absolute Gasteiger partial charge is 0.451 e. The van der Waals surface area contributed by atoms with Gasteiger partial charge in [0.25, 0.3) is 5.91 Å². The SMILES string of the molecule is Cc1ccc(C(=O)OCC(=O)Nc2ccccc2C(C)C)s1. The molecule has 0 aliphatic carbocycles. The summed E-state index contributed by atoms with van der Waals surface area (Å²) in [5.41, 5.74) is 1.81. The third-order valence-electron chi connectivity index (χ3n) is 3.13. The first-order valence-electron chi connectivity index (χ1n) is 7.09. The lowest BCUT2D eigenvalue weighted by Gasteiger charge is -2.13. The summed E-state index contributed by atoms with van der Waals surface area (Å²) in [5, 5.41) is 2.79. The summed E-state index contributed by atoms with van der Waals surface area (Å²) < 4.78 is 5.04. The Labute approximate surface area is 134 Å². The van der Waals surface area contributed by atoms with Gasteiger partial charge in [-0.3, -0.25) is 4.79 Å². The monoisotopic (exact) mass is 317 g/mol. The summed E-state index contributed by atoms with van der Waals surface area (Å²) in [5.74, 6) is -0.506. The average Bonchev–Trinajstić information content (AvgIpc) is 2.92. The number of hydrogen-bond donors (Lipinski definition) is 1. The summed E-state index contributed by atoms with van der Waals surface area (Å²) in [6.45, 7) is 5.74. The lowest BCUT2D eigenvalue weighted by atomic mass is 10.0. The van der Waals surface area contributed by atoms with Crippen molar-refractivity contribution in [1.82, 2.24) is 0 Å². The van der Waals surface area contributed by atoms with Gasteiger partial charge in [0.2, 0.25) is 0 Å². The highest BCUT2D eigenvalue weighted by Crippen LogP contribution is 2.23. The molecular formula is C17H19NO3S. The van der Waals surface area contributed by atoms with E-state index in [4.69, 9.17) is 4.74 Å². The Morgan fingerprint density at radius 2 is 1.91 bits per heavy atom. The summed E-state index contributed by atoms with van der Waals surface area (Å²) in [7, 11) is 0. The molecule has 1 aromatic heterocycles. The number of para-hydroxylation sites is 1. The second-order valence-corrected chi connectivity index (χ2v) is 6.56. The highest BCUT2D eigenvalue weighted by atomic mass is 32.1. The molecular weight excluding hydrogens is 298 g/mol. The van der Waals surface area contributed by atoms with E-state index in [1.165, 1.54) is 11.3 Å². The molecule has 0 bridgehead atoms. The zero-order valence-corrected chi connectivity index (χ0v) is 13.7. The molecule has 1 heterocycles. The fourth-order valence-corrected chi connectivity index (χ4v) is 2.81. The quantitative estimate of drug-likeness (QED) is 0.849. The Morgan fingerprint density at radius 1 is 1.18 bits per heavy atom. The first-order chi connectivity index (χ1) is 10.5. The number of carbonyl (C=O) groups excluding carboxylic acids is 2. The molecule has 0 fully saturated rings. The summed E-state index contributed by atoms with van der Waals surface area (Å²) >= 11 is 1.35. The van der Waals surface area contributed by atoms with E-state index >= 15 is 0 Å². The Hall–Kier alpha value is -2.14. The van der Waals surface area contributed by atoms with Crippen molar-refractivity contribution in [2.24, 2.45) is 0 Å². The molecule has 22 heavy (non-hydrogen) atoms. The maximum Gasteiger partial charge on any atom is 0.348 e. The molecule has 116 valence electrons. The lowest BCUT2D eigenvalue weighted by Crippen LogP contribution is -2.21. The van der Waals surface area contributed by atoms with Crippen molar-refractivity contribution in [3.05, 3.63) is 51.7 Å². The van der Waals surface area contributed by atoms with Gasteiger partial charge in [-0.1, -0.05) is 32.0 Å². The molecule has 0 aliphatic rings. The highest BCUT2D eigenvalue weighted by Gasteiger charge is 2.13. The van der Waals surface area contributed by atoms with E-state index in [-0.39, 0.29) is 12.5 Å². The predicted octanol–water partition coefficient (Wildman–Crippen LogP) is 3.98. The fourth-order valence-electron chi connectivity index (χ4n) is 2.05. The zero-order chi connectivity index (χ0) is 16.1. The van der Waals surface area contributed by atoms with Gasteiger partial charge in [0.15, 0.2) is 6.61 Å². The van der Waals surface area contributed by atoms with Crippen LogP contribution in [-0.2, 0) is 9.53 Å². The summed E-state index contributed by atoms with van der Waals surface area (Å²) in [6.07, 6.45) is 0. The van der Waals surface area contributed by atoms with Crippen LogP contribution < -0.4 is 5.32 Å². The third-order valence-corrected chi connectivity index (χ3v) is 4.11. The minimum atomic E-state index is -0.467. The van der Waals surface area contributed by atoms with E-state index in [9.17, 15) is 9.59 Å². The van der Waals surface area contributed by atoms with Gasteiger partial charge in [-0.2, -0.15) is 0 Å². The second-order valence-electron chi connectivity index (χ2n) is 5.28. The molecule has 0 saturated carbocycles. The number of amides is 1. The van der Waals surface area contributed by atoms with Crippen LogP contribution in [0, 0.1) is 6.92 Å². The highest BCUT2D eigenvalue weighted by molar-refractivity contribution is 7.13. The molecule has 4 nitrogen and oxygen atoms in total. The number of thiophene rings is 1. The van der Waals surface area contributed by atoms with Crippen molar-refractivity contribution < 1.29 is 14.3 Å². The van der Waals surface area contributed by atoms with Gasteiger partial charge in [-0.05, 0) is 36.6 Å². The van der Waals surface area contributed by atoms with Crippen molar-refractivity contribution in [2.75, 3.05) is 11.9 Å². The smallest absolute Gasteiger partial charge is 0.348 e. The van der Waals surface area contributed by atoms with Gasteiger partial charge in [-0.15, -0.1) is 11.3 Å². The van der Waals surface area contributed by atoms with Crippen LogP contribution >= 0.6 is 11.3 Å².